The average Bonchev–Trinajstić information content (AvgIpc) is 3.08. The maximum Gasteiger partial charge on any atom is 0.263 e. The Morgan fingerprint density at radius 2 is 2.10 bits per heavy atom. The van der Waals surface area contributed by atoms with Crippen LogP contribution in [0.4, 0.5) is 0 Å². The SMILES string of the molecule is CCCNCCNC(=O)c1cnc(-c2ccsc2)s1.Cl.Cl. The summed E-state index contributed by atoms with van der Waals surface area (Å²) in [5.41, 5.74) is 1.08. The maximum absolute atomic E-state index is 11.9. The molecule has 0 unspecified atom stereocenters. The van der Waals surface area contributed by atoms with Gasteiger partial charge in [-0.25, -0.2) is 4.98 Å². The highest BCUT2D eigenvalue weighted by molar-refractivity contribution is 7.17. The van der Waals surface area contributed by atoms with Crippen molar-refractivity contribution in [1.82, 2.24) is 15.6 Å². The van der Waals surface area contributed by atoms with Crippen LogP contribution < -0.4 is 10.6 Å². The van der Waals surface area contributed by atoms with Crippen molar-refractivity contribution < 1.29 is 4.79 Å². The molecule has 2 aromatic heterocycles. The molecule has 2 aromatic rings. The molecule has 0 aliphatic carbocycles. The number of halogens is 2. The van der Waals surface area contributed by atoms with Gasteiger partial charge in [-0.15, -0.1) is 36.2 Å². The van der Waals surface area contributed by atoms with E-state index in [2.05, 4.69) is 22.5 Å². The number of nitrogens with one attached hydrogen (secondary N) is 2. The Labute approximate surface area is 145 Å². The highest BCUT2D eigenvalue weighted by atomic mass is 35.5. The summed E-state index contributed by atoms with van der Waals surface area (Å²) in [5, 5.41) is 11.1. The highest BCUT2D eigenvalue weighted by Gasteiger charge is 2.11. The summed E-state index contributed by atoms with van der Waals surface area (Å²) in [6.07, 6.45) is 2.75. The molecule has 0 bridgehead atoms. The lowest BCUT2D eigenvalue weighted by atomic mass is 10.4. The Kier molecular flexibility index (Phi) is 10.6. The minimum Gasteiger partial charge on any atom is -0.350 e. The number of nitrogens with zero attached hydrogens (tertiary/aromatic N) is 1. The van der Waals surface area contributed by atoms with E-state index in [0.29, 0.717) is 11.4 Å². The van der Waals surface area contributed by atoms with Crippen molar-refractivity contribution in [3.05, 3.63) is 27.9 Å². The summed E-state index contributed by atoms with van der Waals surface area (Å²) >= 11 is 3.06. The van der Waals surface area contributed by atoms with Gasteiger partial charge in [0.25, 0.3) is 5.91 Å². The summed E-state index contributed by atoms with van der Waals surface area (Å²) in [4.78, 5) is 16.8. The molecule has 0 aliphatic heterocycles. The number of amides is 1. The van der Waals surface area contributed by atoms with Crippen LogP contribution in [-0.2, 0) is 0 Å². The summed E-state index contributed by atoms with van der Waals surface area (Å²) in [6.45, 7) is 4.55. The van der Waals surface area contributed by atoms with Crippen LogP contribution in [0.1, 0.15) is 23.0 Å². The molecule has 0 radical (unpaired) electrons. The fourth-order valence-corrected chi connectivity index (χ4v) is 3.10. The van der Waals surface area contributed by atoms with Gasteiger partial charge in [-0.2, -0.15) is 11.3 Å². The van der Waals surface area contributed by atoms with E-state index in [1.165, 1.54) is 11.3 Å². The fourth-order valence-electron chi connectivity index (χ4n) is 1.55. The first kappa shape index (κ1) is 20.3. The van der Waals surface area contributed by atoms with Crippen molar-refractivity contribution >= 4 is 53.4 Å². The van der Waals surface area contributed by atoms with Crippen LogP contribution in [0, 0.1) is 0 Å². The molecule has 4 nitrogen and oxygen atoms in total. The molecule has 0 saturated carbocycles. The molecule has 8 heteroatoms. The van der Waals surface area contributed by atoms with Crippen LogP contribution in [0.25, 0.3) is 10.6 Å². The van der Waals surface area contributed by atoms with Gasteiger partial charge >= 0.3 is 0 Å². The molecule has 1 amide bonds. The summed E-state index contributed by atoms with van der Waals surface area (Å²) in [7, 11) is 0. The molecule has 0 atom stereocenters. The van der Waals surface area contributed by atoms with Crippen molar-refractivity contribution in [2.24, 2.45) is 0 Å². The predicted octanol–water partition coefficient (Wildman–Crippen LogP) is 3.44. The number of thiophene rings is 1. The Bertz CT molecular complexity index is 517. The number of carbonyl (C=O) groups is 1. The second kappa shape index (κ2) is 11.0. The monoisotopic (exact) mass is 367 g/mol. The molecule has 0 aromatic carbocycles. The van der Waals surface area contributed by atoms with Gasteiger partial charge in [0, 0.05) is 24.0 Å². The molecule has 0 spiro atoms. The van der Waals surface area contributed by atoms with E-state index in [9.17, 15) is 4.79 Å². The molecule has 2 heterocycles. The molecule has 0 fully saturated rings. The number of hydrogen-bond donors (Lipinski definition) is 2. The first-order valence-corrected chi connectivity index (χ1v) is 8.04. The van der Waals surface area contributed by atoms with Gasteiger partial charge in [-0.3, -0.25) is 4.79 Å². The molecule has 2 rings (SSSR count). The topological polar surface area (TPSA) is 54.0 Å². The van der Waals surface area contributed by atoms with Crippen LogP contribution in [0.15, 0.2) is 23.0 Å². The fraction of sp³-hybridized carbons (Fsp3) is 0.385. The van der Waals surface area contributed by atoms with Crippen LogP contribution in [-0.4, -0.2) is 30.5 Å². The van der Waals surface area contributed by atoms with E-state index in [-0.39, 0.29) is 30.7 Å². The molecule has 0 saturated heterocycles. The van der Waals surface area contributed by atoms with Crippen LogP contribution >= 0.6 is 47.5 Å². The van der Waals surface area contributed by atoms with Gasteiger partial charge < -0.3 is 10.6 Å². The zero-order valence-electron chi connectivity index (χ0n) is 11.6. The minimum absolute atomic E-state index is 0. The number of aromatic nitrogens is 1. The Hall–Kier alpha value is -0.660. The molecule has 118 valence electrons. The summed E-state index contributed by atoms with van der Waals surface area (Å²) < 4.78 is 0. The number of carbonyl (C=O) groups excluding carboxylic acids is 1. The smallest absolute Gasteiger partial charge is 0.263 e. The van der Waals surface area contributed by atoms with E-state index in [1.807, 2.05) is 16.8 Å². The number of thiazole rings is 1. The van der Waals surface area contributed by atoms with Crippen LogP contribution in [0.5, 0.6) is 0 Å². The normalized spacial score (nSPS) is 9.57. The molecule has 2 N–H and O–H groups in total. The van der Waals surface area contributed by atoms with Crippen molar-refractivity contribution in [2.75, 3.05) is 19.6 Å². The van der Waals surface area contributed by atoms with Gasteiger partial charge in [-0.1, -0.05) is 6.92 Å². The summed E-state index contributed by atoms with van der Waals surface area (Å²) in [6, 6.07) is 2.01. The van der Waals surface area contributed by atoms with Crippen LogP contribution in [0.2, 0.25) is 0 Å². The quantitative estimate of drug-likeness (QED) is 0.736. The van der Waals surface area contributed by atoms with E-state index in [4.69, 9.17) is 0 Å². The molecule has 21 heavy (non-hydrogen) atoms. The van der Waals surface area contributed by atoms with Crippen molar-refractivity contribution in [3.63, 3.8) is 0 Å². The van der Waals surface area contributed by atoms with Crippen LogP contribution in [0.3, 0.4) is 0 Å². The van der Waals surface area contributed by atoms with E-state index in [0.717, 1.165) is 30.1 Å². The van der Waals surface area contributed by atoms with Gasteiger partial charge in [-0.05, 0) is 24.4 Å². The lowest BCUT2D eigenvalue weighted by Gasteiger charge is -2.04. The molecular formula is C13H19Cl2N3OS2. The lowest BCUT2D eigenvalue weighted by molar-refractivity contribution is 0.0958. The van der Waals surface area contributed by atoms with E-state index < -0.39 is 0 Å². The highest BCUT2D eigenvalue weighted by Crippen LogP contribution is 2.26. The zero-order valence-corrected chi connectivity index (χ0v) is 14.9. The van der Waals surface area contributed by atoms with Crippen molar-refractivity contribution in [1.29, 1.82) is 0 Å². The van der Waals surface area contributed by atoms with Gasteiger partial charge in [0.2, 0.25) is 0 Å². The lowest BCUT2D eigenvalue weighted by Crippen LogP contribution is -2.31. The second-order valence-electron chi connectivity index (χ2n) is 4.05. The third-order valence-corrected chi connectivity index (χ3v) is 4.24. The Morgan fingerprint density at radius 3 is 2.76 bits per heavy atom. The number of rotatable bonds is 7. The van der Waals surface area contributed by atoms with Crippen molar-refractivity contribution in [2.45, 2.75) is 13.3 Å². The summed E-state index contributed by atoms with van der Waals surface area (Å²) in [5.74, 6) is -0.0442. The molecular weight excluding hydrogens is 349 g/mol. The third kappa shape index (κ3) is 6.32. The molecule has 0 aliphatic rings. The Balaban J connectivity index is 0.00000200. The second-order valence-corrected chi connectivity index (χ2v) is 5.86. The Morgan fingerprint density at radius 1 is 1.29 bits per heavy atom. The third-order valence-electron chi connectivity index (χ3n) is 2.51. The van der Waals surface area contributed by atoms with E-state index >= 15 is 0 Å². The van der Waals surface area contributed by atoms with Gasteiger partial charge in [0.1, 0.15) is 9.88 Å². The minimum atomic E-state index is -0.0442. The number of hydrogen-bond acceptors (Lipinski definition) is 5. The predicted molar refractivity (Wildman–Crippen MR) is 95.4 cm³/mol. The first-order chi connectivity index (χ1) is 9.31. The maximum atomic E-state index is 11.9. The van der Waals surface area contributed by atoms with Gasteiger partial charge in [0.05, 0.1) is 6.20 Å². The van der Waals surface area contributed by atoms with Gasteiger partial charge in [0.15, 0.2) is 0 Å². The first-order valence-electron chi connectivity index (χ1n) is 6.28. The average molecular weight is 368 g/mol. The van der Waals surface area contributed by atoms with Crippen molar-refractivity contribution in [3.8, 4) is 10.6 Å². The van der Waals surface area contributed by atoms with E-state index in [1.54, 1.807) is 17.5 Å². The largest absolute Gasteiger partial charge is 0.350 e. The standard InChI is InChI=1S/C13H17N3OS2.2ClH/c1-2-4-14-5-6-15-12(17)11-8-16-13(19-11)10-3-7-18-9-10;;/h3,7-9,14H,2,4-6H2,1H3,(H,15,17);2*1H. The zero-order chi connectivity index (χ0) is 13.5.